The summed E-state index contributed by atoms with van der Waals surface area (Å²) in [5.74, 6) is 1.14. The fraction of sp³-hybridized carbons (Fsp3) is 0.476. The lowest BCUT2D eigenvalue weighted by atomic mass is 9.88. The van der Waals surface area contributed by atoms with Crippen LogP contribution in [0.4, 0.5) is 4.39 Å². The van der Waals surface area contributed by atoms with E-state index in [0.29, 0.717) is 18.3 Å². The van der Waals surface area contributed by atoms with Gasteiger partial charge in [0.1, 0.15) is 17.7 Å². The van der Waals surface area contributed by atoms with Gasteiger partial charge < -0.3 is 9.47 Å². The molecule has 3 aliphatic rings. The van der Waals surface area contributed by atoms with Gasteiger partial charge in [-0.25, -0.2) is 4.39 Å². The molecule has 5 heteroatoms. The van der Waals surface area contributed by atoms with Crippen molar-refractivity contribution in [3.63, 3.8) is 0 Å². The van der Waals surface area contributed by atoms with Gasteiger partial charge in [-0.1, -0.05) is 6.07 Å². The summed E-state index contributed by atoms with van der Waals surface area (Å²) in [4.78, 5) is 7.00. The monoisotopic (exact) mass is 354 g/mol. The third-order valence-electron chi connectivity index (χ3n) is 5.81. The van der Waals surface area contributed by atoms with Crippen molar-refractivity contribution >= 4 is 0 Å². The Hall–Kier alpha value is -1.98. The van der Waals surface area contributed by atoms with Crippen molar-refractivity contribution in [3.05, 3.63) is 59.7 Å². The average Bonchev–Trinajstić information content (AvgIpc) is 3.20. The van der Waals surface area contributed by atoms with Crippen molar-refractivity contribution < 1.29 is 13.9 Å². The fourth-order valence-corrected chi connectivity index (χ4v) is 4.69. The molecular weight excluding hydrogens is 331 g/mol. The van der Waals surface area contributed by atoms with Gasteiger partial charge in [0, 0.05) is 37.9 Å². The summed E-state index contributed by atoms with van der Waals surface area (Å²) in [6.45, 7) is 3.70. The van der Waals surface area contributed by atoms with E-state index in [2.05, 4.69) is 16.0 Å². The summed E-state index contributed by atoms with van der Waals surface area (Å²) in [6.07, 6.45) is 5.10. The summed E-state index contributed by atoms with van der Waals surface area (Å²) in [6, 6.07) is 10.5. The van der Waals surface area contributed by atoms with Crippen LogP contribution in [0.15, 0.2) is 42.6 Å². The highest BCUT2D eigenvalue weighted by molar-refractivity contribution is 5.26. The summed E-state index contributed by atoms with van der Waals surface area (Å²) >= 11 is 0. The number of likely N-dealkylation sites (tertiary alicyclic amines) is 1. The Bertz CT molecular complexity index is 764. The molecule has 1 aromatic carbocycles. The van der Waals surface area contributed by atoms with E-state index >= 15 is 0 Å². The van der Waals surface area contributed by atoms with Crippen LogP contribution in [0.5, 0.6) is 5.75 Å². The van der Waals surface area contributed by atoms with Gasteiger partial charge in [-0.05, 0) is 54.7 Å². The van der Waals surface area contributed by atoms with Crippen molar-refractivity contribution in [1.29, 1.82) is 0 Å². The molecule has 2 atom stereocenters. The molecule has 2 unspecified atom stereocenters. The van der Waals surface area contributed by atoms with E-state index in [-0.39, 0.29) is 17.5 Å². The van der Waals surface area contributed by atoms with Crippen molar-refractivity contribution in [2.24, 2.45) is 5.92 Å². The maximum absolute atomic E-state index is 13.0. The number of halogens is 1. The first-order chi connectivity index (χ1) is 12.7. The number of pyridine rings is 1. The second-order valence-electron chi connectivity index (χ2n) is 7.95. The van der Waals surface area contributed by atoms with Gasteiger partial charge in [0.15, 0.2) is 0 Å². The molecule has 26 heavy (non-hydrogen) atoms. The van der Waals surface area contributed by atoms with E-state index in [1.807, 2.05) is 12.3 Å². The Kier molecular flexibility index (Phi) is 3.94. The summed E-state index contributed by atoms with van der Waals surface area (Å²) in [5.41, 5.74) is 2.64. The lowest BCUT2D eigenvalue weighted by molar-refractivity contribution is -0.114. The van der Waals surface area contributed by atoms with Crippen LogP contribution < -0.4 is 4.74 Å². The zero-order chi connectivity index (χ0) is 17.6. The first-order valence-electron chi connectivity index (χ1n) is 9.39. The number of aromatic nitrogens is 1. The Morgan fingerprint density at radius 3 is 2.85 bits per heavy atom. The second kappa shape index (κ2) is 6.32. The van der Waals surface area contributed by atoms with Crippen molar-refractivity contribution in [2.45, 2.75) is 31.0 Å². The topological polar surface area (TPSA) is 34.6 Å². The van der Waals surface area contributed by atoms with Crippen LogP contribution >= 0.6 is 0 Å². The average molecular weight is 354 g/mol. The molecule has 1 aromatic heterocycles. The third kappa shape index (κ3) is 3.10. The first kappa shape index (κ1) is 16.2. The lowest BCUT2D eigenvalue weighted by Crippen LogP contribution is -2.62. The minimum absolute atomic E-state index is 0.0472. The Labute approximate surface area is 152 Å². The van der Waals surface area contributed by atoms with E-state index in [1.54, 1.807) is 12.1 Å². The number of hydrogen-bond acceptors (Lipinski definition) is 4. The van der Waals surface area contributed by atoms with E-state index in [9.17, 15) is 4.39 Å². The predicted molar refractivity (Wildman–Crippen MR) is 95.7 cm³/mol. The molecule has 5 rings (SSSR count). The van der Waals surface area contributed by atoms with E-state index in [4.69, 9.17) is 9.47 Å². The Morgan fingerprint density at radius 1 is 1.19 bits per heavy atom. The molecule has 3 heterocycles. The predicted octanol–water partition coefficient (Wildman–Crippen LogP) is 2.86. The zero-order valence-corrected chi connectivity index (χ0v) is 14.7. The molecule has 0 amide bonds. The van der Waals surface area contributed by atoms with Gasteiger partial charge in [-0.15, -0.1) is 0 Å². The third-order valence-corrected chi connectivity index (χ3v) is 5.81. The maximum atomic E-state index is 13.0. The highest BCUT2D eigenvalue weighted by atomic mass is 19.1. The van der Waals surface area contributed by atoms with Crippen LogP contribution in [0.2, 0.25) is 0 Å². The molecule has 0 saturated carbocycles. The largest absolute Gasteiger partial charge is 0.488 e. The van der Waals surface area contributed by atoms with Gasteiger partial charge in [-0.3, -0.25) is 9.88 Å². The molecular formula is C21H23FN2O2. The van der Waals surface area contributed by atoms with Crippen LogP contribution in [0, 0.1) is 11.7 Å². The van der Waals surface area contributed by atoms with E-state index in [0.717, 1.165) is 38.9 Å². The Morgan fingerprint density at radius 2 is 2.04 bits per heavy atom. The lowest BCUT2D eigenvalue weighted by Gasteiger charge is -2.48. The first-order valence-corrected chi connectivity index (χ1v) is 9.39. The Balaban J connectivity index is 1.11. The quantitative estimate of drug-likeness (QED) is 0.846. The standard InChI is InChI=1S/C21H23FN2O2/c22-17-3-5-18(6-4-17)26-19-10-21(25-12-19)13-24(14-21)11-15-8-16-2-1-7-23-20(16)9-15/h1-7,15,19H,8-14H2. The molecule has 2 fully saturated rings. The van der Waals surface area contributed by atoms with Crippen LogP contribution in [0.1, 0.15) is 17.7 Å². The molecule has 0 N–H and O–H groups in total. The highest BCUT2D eigenvalue weighted by Gasteiger charge is 2.50. The molecule has 2 aliphatic heterocycles. The van der Waals surface area contributed by atoms with Crippen LogP contribution in [-0.2, 0) is 17.6 Å². The van der Waals surface area contributed by atoms with Crippen LogP contribution in [0.25, 0.3) is 0 Å². The highest BCUT2D eigenvalue weighted by Crippen LogP contribution is 2.38. The zero-order valence-electron chi connectivity index (χ0n) is 14.7. The summed E-state index contributed by atoms with van der Waals surface area (Å²) < 4.78 is 25.0. The van der Waals surface area contributed by atoms with E-state index in [1.165, 1.54) is 23.4 Å². The molecule has 4 nitrogen and oxygen atoms in total. The number of nitrogens with zero attached hydrogens (tertiary/aromatic N) is 2. The van der Waals surface area contributed by atoms with Crippen LogP contribution in [0.3, 0.4) is 0 Å². The van der Waals surface area contributed by atoms with Gasteiger partial charge in [0.2, 0.25) is 0 Å². The SMILES string of the molecule is Fc1ccc(OC2COC3(C2)CN(CC2Cc4cccnc4C2)C3)cc1. The van der Waals surface area contributed by atoms with Gasteiger partial charge >= 0.3 is 0 Å². The van der Waals surface area contributed by atoms with Crippen LogP contribution in [-0.4, -0.2) is 47.8 Å². The molecule has 0 radical (unpaired) electrons. The molecule has 1 aliphatic carbocycles. The normalized spacial score (nSPS) is 26.7. The molecule has 2 saturated heterocycles. The van der Waals surface area contributed by atoms with E-state index < -0.39 is 0 Å². The van der Waals surface area contributed by atoms with Gasteiger partial charge in [0.05, 0.1) is 12.2 Å². The smallest absolute Gasteiger partial charge is 0.125 e. The minimum atomic E-state index is -0.240. The number of benzene rings is 1. The molecule has 2 aromatic rings. The number of hydrogen-bond donors (Lipinski definition) is 0. The van der Waals surface area contributed by atoms with Crippen molar-refractivity contribution in [1.82, 2.24) is 9.88 Å². The van der Waals surface area contributed by atoms with Crippen molar-refractivity contribution in [3.8, 4) is 5.75 Å². The minimum Gasteiger partial charge on any atom is -0.488 e. The molecule has 0 bridgehead atoms. The molecule has 136 valence electrons. The molecule has 1 spiro atoms. The van der Waals surface area contributed by atoms with Crippen molar-refractivity contribution in [2.75, 3.05) is 26.2 Å². The number of ether oxygens (including phenoxy) is 2. The van der Waals surface area contributed by atoms with Gasteiger partial charge in [0.25, 0.3) is 0 Å². The number of fused-ring (bicyclic) bond motifs is 1. The summed E-state index contributed by atoms with van der Waals surface area (Å²) in [5, 5.41) is 0. The maximum Gasteiger partial charge on any atom is 0.125 e. The van der Waals surface area contributed by atoms with Gasteiger partial charge in [-0.2, -0.15) is 0 Å². The summed E-state index contributed by atoms with van der Waals surface area (Å²) in [7, 11) is 0. The number of rotatable bonds is 4. The fourth-order valence-electron chi connectivity index (χ4n) is 4.69. The second-order valence-corrected chi connectivity index (χ2v) is 7.95.